The van der Waals surface area contributed by atoms with E-state index in [1.807, 2.05) is 0 Å². The summed E-state index contributed by atoms with van der Waals surface area (Å²) in [5.41, 5.74) is 0. The third-order valence-electron chi connectivity index (χ3n) is 1.35. The van der Waals surface area contributed by atoms with Crippen LogP contribution in [-0.2, 0) is 9.84 Å². The van der Waals surface area contributed by atoms with Crippen molar-refractivity contribution < 1.29 is 8.42 Å². The molecule has 1 rings (SSSR count). The van der Waals surface area contributed by atoms with E-state index in [1.54, 1.807) is 19.3 Å². The van der Waals surface area contributed by atoms with Gasteiger partial charge in [0, 0.05) is 17.8 Å². The van der Waals surface area contributed by atoms with E-state index in [0.29, 0.717) is 5.82 Å². The normalized spacial score (nSPS) is 12.4. The number of aromatic nitrogens is 2. The van der Waals surface area contributed by atoms with Gasteiger partial charge in [-0.3, -0.25) is 0 Å². The predicted octanol–water partition coefficient (Wildman–Crippen LogP) is 0.815. The van der Waals surface area contributed by atoms with Crippen molar-refractivity contribution in [3.8, 4) is 0 Å². The number of H-pyrrole nitrogens is 1. The second-order valence-electron chi connectivity index (χ2n) is 2.23. The molecule has 0 saturated carbocycles. The number of sulfone groups is 1. The van der Waals surface area contributed by atoms with Gasteiger partial charge in [0.1, 0.15) is 5.82 Å². The molecule has 0 aliphatic heterocycles. The first-order valence-corrected chi connectivity index (χ1v) is 5.26. The number of imidazole rings is 1. The molecule has 0 spiro atoms. The Hall–Kier alpha value is -1.10. The minimum atomic E-state index is -3.04. The molecule has 5 heteroatoms. The Morgan fingerprint density at radius 1 is 1.67 bits per heavy atom. The first-order chi connectivity index (χ1) is 5.64. The molecule has 1 aromatic rings. The lowest BCUT2D eigenvalue weighted by Gasteiger charge is -1.88. The summed E-state index contributed by atoms with van der Waals surface area (Å²) in [5.74, 6) is 0.663. The van der Waals surface area contributed by atoms with Crippen molar-refractivity contribution in [1.29, 1.82) is 0 Å². The van der Waals surface area contributed by atoms with Crippen LogP contribution in [0.5, 0.6) is 0 Å². The second-order valence-corrected chi connectivity index (χ2v) is 4.40. The lowest BCUT2D eigenvalue weighted by atomic mass is 10.6. The van der Waals surface area contributed by atoms with Crippen LogP contribution in [0.4, 0.5) is 0 Å². The van der Waals surface area contributed by atoms with Gasteiger partial charge in [0.2, 0.25) is 0 Å². The summed E-state index contributed by atoms with van der Waals surface area (Å²) in [6.45, 7) is 1.60. The largest absolute Gasteiger partial charge is 0.345 e. The van der Waals surface area contributed by atoms with Crippen LogP contribution in [0.2, 0.25) is 0 Å². The first kappa shape index (κ1) is 8.99. The molecule has 66 valence electrons. The summed E-state index contributed by atoms with van der Waals surface area (Å²) in [7, 11) is -3.04. The Morgan fingerprint density at radius 3 is 2.92 bits per heavy atom. The standard InChI is InChI=1S/C7H10N2O2S/c1-2-12(10,11)6-3-7-8-4-5-9-7/h3-6H,2H2,1H3,(H,8,9)/b6-3+. The number of hydrogen-bond acceptors (Lipinski definition) is 3. The second kappa shape index (κ2) is 3.53. The Bertz CT molecular complexity index is 351. The van der Waals surface area contributed by atoms with Crippen molar-refractivity contribution in [2.45, 2.75) is 6.92 Å². The van der Waals surface area contributed by atoms with Crippen LogP contribution in [0.3, 0.4) is 0 Å². The van der Waals surface area contributed by atoms with E-state index in [4.69, 9.17) is 0 Å². The van der Waals surface area contributed by atoms with Crippen molar-refractivity contribution in [3.05, 3.63) is 23.6 Å². The SMILES string of the molecule is CCS(=O)(=O)/C=C/c1ncc[nH]1. The van der Waals surface area contributed by atoms with Crippen LogP contribution in [-0.4, -0.2) is 24.1 Å². The maximum atomic E-state index is 11.0. The molecule has 0 aliphatic rings. The first-order valence-electron chi connectivity index (χ1n) is 3.54. The van der Waals surface area contributed by atoms with Crippen molar-refractivity contribution in [1.82, 2.24) is 9.97 Å². The number of hydrogen-bond donors (Lipinski definition) is 1. The van der Waals surface area contributed by atoms with Crippen LogP contribution in [0.25, 0.3) is 6.08 Å². The monoisotopic (exact) mass is 186 g/mol. The smallest absolute Gasteiger partial charge is 0.171 e. The van der Waals surface area contributed by atoms with Crippen molar-refractivity contribution in [2.24, 2.45) is 0 Å². The van der Waals surface area contributed by atoms with Gasteiger partial charge in [-0.2, -0.15) is 0 Å². The zero-order valence-electron chi connectivity index (χ0n) is 6.69. The number of nitrogens with zero attached hydrogens (tertiary/aromatic N) is 1. The molecule has 0 amide bonds. The van der Waals surface area contributed by atoms with Crippen LogP contribution >= 0.6 is 0 Å². The zero-order valence-corrected chi connectivity index (χ0v) is 7.50. The minimum Gasteiger partial charge on any atom is -0.345 e. The Balaban J connectivity index is 2.76. The van der Waals surface area contributed by atoms with Gasteiger partial charge in [-0.1, -0.05) is 6.92 Å². The Labute approximate surface area is 71.3 Å². The van der Waals surface area contributed by atoms with E-state index in [0.717, 1.165) is 5.41 Å². The highest BCUT2D eigenvalue weighted by Gasteiger charge is 1.99. The molecule has 0 radical (unpaired) electrons. The van der Waals surface area contributed by atoms with E-state index in [-0.39, 0.29) is 5.75 Å². The minimum absolute atomic E-state index is 0.115. The van der Waals surface area contributed by atoms with E-state index in [9.17, 15) is 8.42 Å². The molecule has 4 nitrogen and oxygen atoms in total. The maximum Gasteiger partial charge on any atom is 0.171 e. The van der Waals surface area contributed by atoms with Gasteiger partial charge in [0.15, 0.2) is 9.84 Å². The van der Waals surface area contributed by atoms with Gasteiger partial charge < -0.3 is 4.98 Å². The molecule has 0 saturated heterocycles. The summed E-state index contributed by atoms with van der Waals surface area (Å²) >= 11 is 0. The molecule has 0 fully saturated rings. The summed E-state index contributed by atoms with van der Waals surface area (Å²) in [6, 6.07) is 0. The molecule has 1 N–H and O–H groups in total. The fourth-order valence-corrected chi connectivity index (χ4v) is 1.16. The average Bonchev–Trinajstić information content (AvgIpc) is 2.53. The highest BCUT2D eigenvalue weighted by Crippen LogP contribution is 1.97. The highest BCUT2D eigenvalue weighted by atomic mass is 32.2. The molecular weight excluding hydrogens is 176 g/mol. The van der Waals surface area contributed by atoms with Gasteiger partial charge in [-0.25, -0.2) is 13.4 Å². The summed E-state index contributed by atoms with van der Waals surface area (Å²) < 4.78 is 21.9. The lowest BCUT2D eigenvalue weighted by molar-refractivity contribution is 0.606. The molecule has 1 heterocycles. The molecule has 0 bridgehead atoms. The molecule has 12 heavy (non-hydrogen) atoms. The number of rotatable bonds is 3. The molecule has 0 atom stereocenters. The Morgan fingerprint density at radius 2 is 2.42 bits per heavy atom. The quantitative estimate of drug-likeness (QED) is 0.760. The summed E-state index contributed by atoms with van der Waals surface area (Å²) in [4.78, 5) is 6.62. The third kappa shape index (κ3) is 2.50. The van der Waals surface area contributed by atoms with E-state index < -0.39 is 9.84 Å². The highest BCUT2D eigenvalue weighted by molar-refractivity contribution is 7.94. The van der Waals surface area contributed by atoms with Gasteiger partial charge >= 0.3 is 0 Å². The average molecular weight is 186 g/mol. The number of nitrogens with one attached hydrogen (secondary N) is 1. The molecular formula is C7H10N2O2S. The molecule has 0 aromatic carbocycles. The van der Waals surface area contributed by atoms with Crippen LogP contribution in [0, 0.1) is 0 Å². The van der Waals surface area contributed by atoms with Gasteiger partial charge in [-0.15, -0.1) is 0 Å². The molecule has 0 aliphatic carbocycles. The predicted molar refractivity (Wildman–Crippen MR) is 47.1 cm³/mol. The fraction of sp³-hybridized carbons (Fsp3) is 0.286. The maximum absolute atomic E-state index is 11.0. The van der Waals surface area contributed by atoms with Crippen LogP contribution < -0.4 is 0 Å². The summed E-state index contributed by atoms with van der Waals surface area (Å²) in [6.07, 6.45) is 4.65. The van der Waals surface area contributed by atoms with E-state index in [2.05, 4.69) is 9.97 Å². The van der Waals surface area contributed by atoms with Gasteiger partial charge in [0.25, 0.3) is 0 Å². The molecule has 1 aromatic heterocycles. The summed E-state index contributed by atoms with van der Waals surface area (Å²) in [5, 5.41) is 1.16. The topological polar surface area (TPSA) is 62.8 Å². The van der Waals surface area contributed by atoms with E-state index >= 15 is 0 Å². The van der Waals surface area contributed by atoms with Crippen LogP contribution in [0.15, 0.2) is 17.8 Å². The van der Waals surface area contributed by atoms with Crippen molar-refractivity contribution in [2.75, 3.05) is 5.75 Å². The third-order valence-corrected chi connectivity index (χ3v) is 2.71. The Kier molecular flexibility index (Phi) is 2.65. The zero-order chi connectivity index (χ0) is 9.03. The van der Waals surface area contributed by atoms with Gasteiger partial charge in [0.05, 0.1) is 5.75 Å². The number of aromatic amines is 1. The van der Waals surface area contributed by atoms with Gasteiger partial charge in [-0.05, 0) is 6.08 Å². The lowest BCUT2D eigenvalue weighted by Crippen LogP contribution is -1.96. The van der Waals surface area contributed by atoms with E-state index in [1.165, 1.54) is 6.08 Å². The van der Waals surface area contributed by atoms with Crippen molar-refractivity contribution in [3.63, 3.8) is 0 Å². The fourth-order valence-electron chi connectivity index (χ4n) is 0.633. The van der Waals surface area contributed by atoms with Crippen molar-refractivity contribution >= 4 is 15.9 Å². The molecule has 0 unspecified atom stereocenters. The van der Waals surface area contributed by atoms with Crippen LogP contribution in [0.1, 0.15) is 12.7 Å².